The summed E-state index contributed by atoms with van der Waals surface area (Å²) in [6.07, 6.45) is 1.84. The van der Waals surface area contributed by atoms with E-state index in [1.165, 1.54) is 17.3 Å². The molecule has 1 heterocycles. The molecule has 0 saturated carbocycles. The minimum Gasteiger partial charge on any atom is -0.256 e. The van der Waals surface area contributed by atoms with Gasteiger partial charge in [-0.2, -0.15) is 0 Å². The molecule has 0 saturated heterocycles. The van der Waals surface area contributed by atoms with Crippen LogP contribution in [0.1, 0.15) is 0 Å². The van der Waals surface area contributed by atoms with Crippen LogP contribution in [0.15, 0.2) is 36.5 Å². The molecule has 2 rings (SSSR count). The molecule has 1 aromatic heterocycles. The second kappa shape index (κ2) is 4.61. The van der Waals surface area contributed by atoms with Gasteiger partial charge in [-0.15, -0.1) is 0 Å². The molecule has 0 unspecified atom stereocenters. The summed E-state index contributed by atoms with van der Waals surface area (Å²) >= 11 is 0. The Bertz CT molecular complexity index is 559. The Kier molecular flexibility index (Phi) is 3.30. The van der Waals surface area contributed by atoms with Crippen LogP contribution in [0.25, 0.3) is 11.3 Å². The van der Waals surface area contributed by atoms with Gasteiger partial charge in [0, 0.05) is 11.8 Å². The molecule has 0 aliphatic heterocycles. The zero-order chi connectivity index (χ0) is 13.3. The molecule has 0 amide bonds. The SMILES string of the molecule is C[Si](C)(C)c1ccc(-c2ccc(F)c(F)c2)nc1. The number of hydrogen-bond acceptors (Lipinski definition) is 1. The molecule has 0 bridgehead atoms. The fraction of sp³-hybridized carbons (Fsp3) is 0.214. The summed E-state index contributed by atoms with van der Waals surface area (Å²) in [6, 6.07) is 7.72. The van der Waals surface area contributed by atoms with Gasteiger partial charge in [0.15, 0.2) is 11.6 Å². The number of halogens is 2. The second-order valence-corrected chi connectivity index (χ2v) is 10.4. The normalized spacial score (nSPS) is 11.6. The molecular weight excluding hydrogens is 248 g/mol. The number of rotatable bonds is 2. The van der Waals surface area contributed by atoms with Crippen molar-refractivity contribution < 1.29 is 8.78 Å². The van der Waals surface area contributed by atoms with Crippen LogP contribution >= 0.6 is 0 Å². The van der Waals surface area contributed by atoms with E-state index in [0.717, 1.165) is 6.07 Å². The molecule has 0 aliphatic carbocycles. The maximum absolute atomic E-state index is 13.1. The van der Waals surface area contributed by atoms with Crippen LogP contribution in [0.5, 0.6) is 0 Å². The zero-order valence-corrected chi connectivity index (χ0v) is 11.7. The van der Waals surface area contributed by atoms with Crippen molar-refractivity contribution in [3.05, 3.63) is 48.2 Å². The van der Waals surface area contributed by atoms with E-state index in [0.29, 0.717) is 11.3 Å². The quantitative estimate of drug-likeness (QED) is 0.755. The fourth-order valence-corrected chi connectivity index (χ4v) is 2.70. The summed E-state index contributed by atoms with van der Waals surface area (Å²) in [5.74, 6) is -1.68. The van der Waals surface area contributed by atoms with E-state index in [1.807, 2.05) is 18.3 Å². The number of benzene rings is 1. The Balaban J connectivity index is 2.37. The third-order valence-electron chi connectivity index (χ3n) is 2.84. The average molecular weight is 263 g/mol. The topological polar surface area (TPSA) is 12.9 Å². The minimum atomic E-state index is -1.37. The van der Waals surface area contributed by atoms with Crippen LogP contribution in [0.2, 0.25) is 19.6 Å². The van der Waals surface area contributed by atoms with Gasteiger partial charge in [-0.05, 0) is 29.5 Å². The van der Waals surface area contributed by atoms with Crippen LogP contribution in [-0.2, 0) is 0 Å². The Morgan fingerprint density at radius 1 is 0.944 bits per heavy atom. The molecule has 1 nitrogen and oxygen atoms in total. The lowest BCUT2D eigenvalue weighted by atomic mass is 10.1. The number of pyridine rings is 1. The fourth-order valence-electron chi connectivity index (χ4n) is 1.66. The van der Waals surface area contributed by atoms with Crippen molar-refractivity contribution in [3.8, 4) is 11.3 Å². The highest BCUT2D eigenvalue weighted by atomic mass is 28.3. The third-order valence-corrected chi connectivity index (χ3v) is 4.87. The van der Waals surface area contributed by atoms with Crippen LogP contribution in [0, 0.1) is 11.6 Å². The van der Waals surface area contributed by atoms with Gasteiger partial charge >= 0.3 is 0 Å². The van der Waals surface area contributed by atoms with Crippen LogP contribution < -0.4 is 5.19 Å². The first kappa shape index (κ1) is 12.9. The third kappa shape index (κ3) is 2.64. The Morgan fingerprint density at radius 3 is 2.17 bits per heavy atom. The van der Waals surface area contributed by atoms with Gasteiger partial charge in [-0.1, -0.05) is 25.7 Å². The van der Waals surface area contributed by atoms with Crippen molar-refractivity contribution in [2.75, 3.05) is 0 Å². The van der Waals surface area contributed by atoms with Crippen molar-refractivity contribution in [1.29, 1.82) is 0 Å². The standard InChI is InChI=1S/C14H15F2NSi/c1-18(2,3)11-5-7-14(17-9-11)10-4-6-12(15)13(16)8-10/h4-9H,1-3H3. The predicted octanol–water partition coefficient (Wildman–Crippen LogP) is 3.57. The van der Waals surface area contributed by atoms with Crippen LogP contribution in [0.4, 0.5) is 8.78 Å². The monoisotopic (exact) mass is 263 g/mol. The van der Waals surface area contributed by atoms with Gasteiger partial charge in [0.1, 0.15) is 0 Å². The van der Waals surface area contributed by atoms with Gasteiger partial charge < -0.3 is 0 Å². The predicted molar refractivity (Wildman–Crippen MR) is 72.6 cm³/mol. The summed E-state index contributed by atoms with van der Waals surface area (Å²) in [5.41, 5.74) is 1.26. The van der Waals surface area contributed by atoms with Crippen molar-refractivity contribution in [2.24, 2.45) is 0 Å². The highest BCUT2D eigenvalue weighted by molar-refractivity contribution is 6.88. The molecule has 2 aromatic rings. The van der Waals surface area contributed by atoms with Crippen molar-refractivity contribution in [2.45, 2.75) is 19.6 Å². The largest absolute Gasteiger partial charge is 0.256 e. The maximum Gasteiger partial charge on any atom is 0.159 e. The van der Waals surface area contributed by atoms with Gasteiger partial charge in [-0.3, -0.25) is 4.98 Å². The van der Waals surface area contributed by atoms with Crippen molar-refractivity contribution in [3.63, 3.8) is 0 Å². The Labute approximate surface area is 107 Å². The highest BCUT2D eigenvalue weighted by Gasteiger charge is 2.16. The summed E-state index contributed by atoms with van der Waals surface area (Å²) < 4.78 is 26.0. The summed E-state index contributed by atoms with van der Waals surface area (Å²) in [4.78, 5) is 4.33. The van der Waals surface area contributed by atoms with Crippen molar-refractivity contribution >= 4 is 13.3 Å². The van der Waals surface area contributed by atoms with Crippen LogP contribution in [0.3, 0.4) is 0 Å². The number of nitrogens with zero attached hydrogens (tertiary/aromatic N) is 1. The molecule has 0 atom stereocenters. The summed E-state index contributed by atoms with van der Waals surface area (Å²) in [6.45, 7) is 6.71. The first-order chi connectivity index (χ1) is 8.38. The first-order valence-corrected chi connectivity index (χ1v) is 9.30. The molecule has 0 aliphatic rings. The van der Waals surface area contributed by atoms with E-state index >= 15 is 0 Å². The molecule has 0 fully saturated rings. The molecule has 18 heavy (non-hydrogen) atoms. The maximum atomic E-state index is 13.1. The van der Waals surface area contributed by atoms with Gasteiger partial charge in [0.2, 0.25) is 0 Å². The van der Waals surface area contributed by atoms with Gasteiger partial charge in [-0.25, -0.2) is 8.78 Å². The summed E-state index contributed by atoms with van der Waals surface area (Å²) in [7, 11) is -1.37. The van der Waals surface area contributed by atoms with E-state index in [2.05, 4.69) is 24.6 Å². The van der Waals surface area contributed by atoms with E-state index in [1.54, 1.807) is 0 Å². The molecule has 1 aromatic carbocycles. The summed E-state index contributed by atoms with van der Waals surface area (Å²) in [5, 5.41) is 1.24. The first-order valence-electron chi connectivity index (χ1n) is 5.80. The molecule has 0 N–H and O–H groups in total. The average Bonchev–Trinajstić information content (AvgIpc) is 2.32. The van der Waals surface area contributed by atoms with E-state index in [9.17, 15) is 8.78 Å². The zero-order valence-electron chi connectivity index (χ0n) is 10.7. The molecular formula is C14H15F2NSi. The lowest BCUT2D eigenvalue weighted by Gasteiger charge is -2.16. The second-order valence-electron chi connectivity index (χ2n) is 5.31. The van der Waals surface area contributed by atoms with E-state index in [-0.39, 0.29) is 0 Å². The molecule has 0 spiro atoms. The molecule has 0 radical (unpaired) electrons. The minimum absolute atomic E-state index is 0.594. The van der Waals surface area contributed by atoms with Crippen LogP contribution in [-0.4, -0.2) is 13.1 Å². The lowest BCUT2D eigenvalue weighted by molar-refractivity contribution is 0.509. The van der Waals surface area contributed by atoms with Gasteiger partial charge in [0.25, 0.3) is 0 Å². The van der Waals surface area contributed by atoms with E-state index in [4.69, 9.17) is 0 Å². The molecule has 94 valence electrons. The number of hydrogen-bond donors (Lipinski definition) is 0. The molecule has 4 heteroatoms. The number of aromatic nitrogens is 1. The Morgan fingerprint density at radius 2 is 1.67 bits per heavy atom. The lowest BCUT2D eigenvalue weighted by Crippen LogP contribution is -2.37. The van der Waals surface area contributed by atoms with Gasteiger partial charge in [0.05, 0.1) is 13.8 Å². The highest BCUT2D eigenvalue weighted by Crippen LogP contribution is 2.19. The smallest absolute Gasteiger partial charge is 0.159 e. The Hall–Kier alpha value is -1.55. The van der Waals surface area contributed by atoms with Crippen molar-refractivity contribution in [1.82, 2.24) is 4.98 Å². The van der Waals surface area contributed by atoms with E-state index < -0.39 is 19.7 Å².